The fraction of sp³-hybridized carbons (Fsp3) is 0.750. The number of hydrogen-bond donors (Lipinski definition) is 3. The summed E-state index contributed by atoms with van der Waals surface area (Å²) in [4.78, 5) is 8.92. The first kappa shape index (κ1) is 10.5. The Morgan fingerprint density at radius 2 is 1.38 bits per heavy atom. The third kappa shape index (κ3) is 47.8. The van der Waals surface area contributed by atoms with E-state index < -0.39 is 0 Å². The predicted molar refractivity (Wildman–Crippen MR) is 27.3 cm³/mol. The van der Waals surface area contributed by atoms with Crippen LogP contribution in [0.25, 0.3) is 0 Å². The van der Waals surface area contributed by atoms with Gasteiger partial charge < -0.3 is 20.1 Å². The van der Waals surface area contributed by atoms with Crippen LogP contribution in [0.3, 0.4) is 0 Å². The Labute approximate surface area is 47.4 Å². The molecule has 0 bridgehead atoms. The molecule has 0 aliphatic rings. The minimum absolute atomic E-state index is 0.125. The molecule has 0 aromatic carbocycles. The molecule has 0 rings (SSSR count). The van der Waals surface area contributed by atoms with Crippen LogP contribution in [0.15, 0.2) is 0 Å². The SMILES string of the molecule is O=CCO.OCCO. The summed E-state index contributed by atoms with van der Waals surface area (Å²) in [6.45, 7) is -0.611. The molecule has 0 aliphatic heterocycles. The summed E-state index contributed by atoms with van der Waals surface area (Å²) in [6, 6.07) is 0. The molecular weight excluding hydrogens is 112 g/mol. The largest absolute Gasteiger partial charge is 0.394 e. The fourth-order valence-electron chi connectivity index (χ4n) is 0. The summed E-state index contributed by atoms with van der Waals surface area (Å²) in [7, 11) is 0. The molecule has 0 heterocycles. The van der Waals surface area contributed by atoms with Crippen LogP contribution in [0.4, 0.5) is 0 Å². The van der Waals surface area contributed by atoms with Crippen LogP contribution in [0.1, 0.15) is 0 Å². The smallest absolute Gasteiger partial charge is 0.145 e. The van der Waals surface area contributed by atoms with E-state index in [0.717, 1.165) is 0 Å². The molecule has 0 spiro atoms. The number of aldehydes is 1. The van der Waals surface area contributed by atoms with Gasteiger partial charge in [-0.2, -0.15) is 0 Å². The third-order valence-corrected chi connectivity index (χ3v) is 0.175. The van der Waals surface area contributed by atoms with Gasteiger partial charge in [-0.25, -0.2) is 0 Å². The lowest BCUT2D eigenvalue weighted by molar-refractivity contribution is -0.110. The molecule has 0 saturated carbocycles. The van der Waals surface area contributed by atoms with Gasteiger partial charge in [0.2, 0.25) is 0 Å². The van der Waals surface area contributed by atoms with Gasteiger partial charge in [-0.05, 0) is 0 Å². The van der Waals surface area contributed by atoms with Crippen molar-refractivity contribution >= 4 is 6.29 Å². The number of carbonyl (C=O) groups is 1. The standard InChI is InChI=1S/C2H6O2.C2H4O2/c2*3-1-2-4/h3-4H,1-2H2;1,4H,2H2. The molecule has 0 unspecified atom stereocenters. The lowest BCUT2D eigenvalue weighted by atomic mass is 10.8. The highest BCUT2D eigenvalue weighted by molar-refractivity contribution is 5.49. The van der Waals surface area contributed by atoms with E-state index in [-0.39, 0.29) is 19.8 Å². The van der Waals surface area contributed by atoms with Crippen LogP contribution in [0.5, 0.6) is 0 Å². The Hall–Kier alpha value is -0.450. The van der Waals surface area contributed by atoms with Crippen LogP contribution in [0, 0.1) is 0 Å². The maximum atomic E-state index is 8.92. The van der Waals surface area contributed by atoms with Gasteiger partial charge in [0.1, 0.15) is 6.29 Å². The lowest BCUT2D eigenvalue weighted by Crippen LogP contribution is -1.85. The predicted octanol–water partition coefficient (Wildman–Crippen LogP) is -1.85. The lowest BCUT2D eigenvalue weighted by Gasteiger charge is -1.70. The second-order valence-electron chi connectivity index (χ2n) is 0.796. The molecule has 0 radical (unpaired) electrons. The number of rotatable bonds is 2. The second-order valence-corrected chi connectivity index (χ2v) is 0.796. The molecule has 0 aromatic heterocycles. The molecule has 8 heavy (non-hydrogen) atoms. The van der Waals surface area contributed by atoms with Gasteiger partial charge in [0, 0.05) is 0 Å². The Bertz CT molecular complexity index is 35.0. The Morgan fingerprint density at radius 1 is 1.12 bits per heavy atom. The van der Waals surface area contributed by atoms with E-state index in [1.54, 1.807) is 0 Å². The van der Waals surface area contributed by atoms with E-state index in [9.17, 15) is 0 Å². The van der Waals surface area contributed by atoms with Crippen molar-refractivity contribution in [1.29, 1.82) is 0 Å². The number of hydrogen-bond acceptors (Lipinski definition) is 4. The van der Waals surface area contributed by atoms with Crippen molar-refractivity contribution in [2.75, 3.05) is 19.8 Å². The van der Waals surface area contributed by atoms with Crippen molar-refractivity contribution in [3.63, 3.8) is 0 Å². The summed E-state index contributed by atoms with van der Waals surface area (Å²) in [5.41, 5.74) is 0. The highest BCUT2D eigenvalue weighted by Gasteiger charge is 1.58. The summed E-state index contributed by atoms with van der Waals surface area (Å²) < 4.78 is 0. The van der Waals surface area contributed by atoms with Crippen molar-refractivity contribution < 1.29 is 20.1 Å². The van der Waals surface area contributed by atoms with E-state index in [4.69, 9.17) is 20.1 Å². The van der Waals surface area contributed by atoms with Crippen molar-refractivity contribution in [2.45, 2.75) is 0 Å². The molecule has 0 aliphatic carbocycles. The van der Waals surface area contributed by atoms with E-state index in [1.807, 2.05) is 0 Å². The first-order chi connectivity index (χ1) is 3.83. The first-order valence-electron chi connectivity index (χ1n) is 2.09. The minimum atomic E-state index is -0.361. The minimum Gasteiger partial charge on any atom is -0.394 e. The zero-order valence-corrected chi connectivity index (χ0v) is 4.45. The molecular formula is C4H10O4. The van der Waals surface area contributed by atoms with Gasteiger partial charge in [-0.3, -0.25) is 0 Å². The van der Waals surface area contributed by atoms with Gasteiger partial charge in [0.05, 0.1) is 19.8 Å². The van der Waals surface area contributed by atoms with Gasteiger partial charge in [-0.15, -0.1) is 0 Å². The average molecular weight is 122 g/mol. The van der Waals surface area contributed by atoms with E-state index >= 15 is 0 Å². The molecule has 3 N–H and O–H groups in total. The summed E-state index contributed by atoms with van der Waals surface area (Å²) in [6.07, 6.45) is 0.431. The molecule has 0 fully saturated rings. The number of carbonyl (C=O) groups excluding carboxylic acids is 1. The summed E-state index contributed by atoms with van der Waals surface area (Å²) in [5, 5.41) is 22.8. The Kier molecular flexibility index (Phi) is 21.0. The number of aliphatic hydroxyl groups is 3. The molecule has 0 aromatic rings. The average Bonchev–Trinajstić information content (AvgIpc) is 1.88. The van der Waals surface area contributed by atoms with Crippen molar-refractivity contribution in [3.05, 3.63) is 0 Å². The quantitative estimate of drug-likeness (QED) is 0.376. The molecule has 0 atom stereocenters. The van der Waals surface area contributed by atoms with E-state index in [1.165, 1.54) is 0 Å². The molecule has 0 amide bonds. The molecule has 0 saturated heterocycles. The highest BCUT2D eigenvalue weighted by atomic mass is 16.3. The van der Waals surface area contributed by atoms with Gasteiger partial charge in [0.15, 0.2) is 0 Å². The topological polar surface area (TPSA) is 77.8 Å². The monoisotopic (exact) mass is 122 g/mol. The zero-order valence-electron chi connectivity index (χ0n) is 4.45. The molecule has 4 nitrogen and oxygen atoms in total. The Morgan fingerprint density at radius 3 is 1.38 bits per heavy atom. The van der Waals surface area contributed by atoms with Crippen LogP contribution < -0.4 is 0 Å². The molecule has 50 valence electrons. The summed E-state index contributed by atoms with van der Waals surface area (Å²) in [5.74, 6) is 0. The van der Waals surface area contributed by atoms with Gasteiger partial charge in [-0.1, -0.05) is 0 Å². The third-order valence-electron chi connectivity index (χ3n) is 0.175. The van der Waals surface area contributed by atoms with Crippen LogP contribution >= 0.6 is 0 Å². The fourth-order valence-corrected chi connectivity index (χ4v) is 0. The maximum Gasteiger partial charge on any atom is 0.145 e. The van der Waals surface area contributed by atoms with E-state index in [0.29, 0.717) is 6.29 Å². The van der Waals surface area contributed by atoms with E-state index in [2.05, 4.69) is 0 Å². The van der Waals surface area contributed by atoms with Gasteiger partial charge in [0.25, 0.3) is 0 Å². The highest BCUT2D eigenvalue weighted by Crippen LogP contribution is 1.39. The van der Waals surface area contributed by atoms with Crippen LogP contribution in [-0.4, -0.2) is 41.4 Å². The number of aliphatic hydroxyl groups excluding tert-OH is 3. The molecule has 4 heteroatoms. The second kappa shape index (κ2) is 16.0. The van der Waals surface area contributed by atoms with Crippen molar-refractivity contribution in [2.24, 2.45) is 0 Å². The maximum absolute atomic E-state index is 8.92. The van der Waals surface area contributed by atoms with Crippen LogP contribution in [0.2, 0.25) is 0 Å². The summed E-state index contributed by atoms with van der Waals surface area (Å²) >= 11 is 0. The van der Waals surface area contributed by atoms with Gasteiger partial charge >= 0.3 is 0 Å². The first-order valence-corrected chi connectivity index (χ1v) is 2.09. The zero-order chi connectivity index (χ0) is 6.83. The van der Waals surface area contributed by atoms with Crippen LogP contribution in [-0.2, 0) is 4.79 Å². The van der Waals surface area contributed by atoms with Crippen molar-refractivity contribution in [3.8, 4) is 0 Å². The normalized spacial score (nSPS) is 6.88. The van der Waals surface area contributed by atoms with Crippen molar-refractivity contribution in [1.82, 2.24) is 0 Å². The Balaban J connectivity index is 0.